The Hall–Kier alpha value is -1.78. The third-order valence-electron chi connectivity index (χ3n) is 7.52. The number of β-lactam (4-membered cyclic amide) rings is 1. The highest BCUT2D eigenvalue weighted by atomic mass is 28.4. The van der Waals surface area contributed by atoms with Crippen LogP contribution in [0.25, 0.3) is 0 Å². The van der Waals surface area contributed by atoms with Crippen LogP contribution in [0.2, 0.25) is 36.3 Å². The van der Waals surface area contributed by atoms with E-state index < -0.39 is 22.6 Å². The van der Waals surface area contributed by atoms with Crippen LogP contribution in [0, 0.1) is 0 Å². The van der Waals surface area contributed by atoms with E-state index in [0.29, 0.717) is 27.8 Å². The molecule has 6 nitrogen and oxygen atoms in total. The first-order chi connectivity index (χ1) is 15.2. The largest absolute Gasteiger partial charge is 0.411 e. The first-order valence-electron chi connectivity index (χ1n) is 12.2. The zero-order valence-electron chi connectivity index (χ0n) is 21.8. The SMILES string of the molecule is CC(C)[Si](O[C@@H](C)[C@@H]1[C@@H](N2C(=O)c3ccccc3C2=O)C(=O)N1[Si](C)(C)C)(C(C)C)C(C)C. The number of hydrogen-bond acceptors (Lipinski definition) is 4. The second-order valence-electron chi connectivity index (χ2n) is 11.5. The molecule has 8 heteroatoms. The maximum atomic E-state index is 13.5. The van der Waals surface area contributed by atoms with Gasteiger partial charge in [0.15, 0.2) is 8.24 Å². The van der Waals surface area contributed by atoms with Crippen molar-refractivity contribution in [1.82, 2.24) is 9.47 Å². The minimum atomic E-state index is -2.22. The molecule has 1 aromatic carbocycles. The molecule has 0 aliphatic carbocycles. The number of rotatable bonds is 8. The number of hydrogen-bond donors (Lipinski definition) is 0. The van der Waals surface area contributed by atoms with Crippen molar-refractivity contribution < 1.29 is 18.8 Å². The van der Waals surface area contributed by atoms with Crippen molar-refractivity contribution in [2.75, 3.05) is 0 Å². The Morgan fingerprint density at radius 3 is 1.58 bits per heavy atom. The van der Waals surface area contributed by atoms with Gasteiger partial charge in [0, 0.05) is 0 Å². The molecule has 3 amide bonds. The number of nitrogens with zero attached hydrogens (tertiary/aromatic N) is 2. The highest BCUT2D eigenvalue weighted by molar-refractivity contribution is 6.78. The minimum Gasteiger partial charge on any atom is -0.411 e. The Bertz CT molecular complexity index is 897. The lowest BCUT2D eigenvalue weighted by Gasteiger charge is -2.58. The lowest BCUT2D eigenvalue weighted by molar-refractivity contribution is -0.152. The molecule has 0 unspecified atom stereocenters. The van der Waals surface area contributed by atoms with Gasteiger partial charge in [0.05, 0.1) is 23.3 Å². The van der Waals surface area contributed by atoms with Crippen molar-refractivity contribution in [3.05, 3.63) is 35.4 Å². The van der Waals surface area contributed by atoms with E-state index in [1.165, 1.54) is 4.90 Å². The van der Waals surface area contributed by atoms with E-state index >= 15 is 0 Å². The van der Waals surface area contributed by atoms with E-state index in [2.05, 4.69) is 61.2 Å². The summed E-state index contributed by atoms with van der Waals surface area (Å²) >= 11 is 0. The predicted octanol–water partition coefficient (Wildman–Crippen LogP) is 5.28. The Kier molecular flexibility index (Phi) is 6.87. The van der Waals surface area contributed by atoms with Gasteiger partial charge in [-0.15, -0.1) is 0 Å². The van der Waals surface area contributed by atoms with Crippen LogP contribution >= 0.6 is 0 Å². The molecular formula is C25H40N2O4Si2. The van der Waals surface area contributed by atoms with Crippen molar-refractivity contribution >= 4 is 34.3 Å². The molecule has 33 heavy (non-hydrogen) atoms. The highest BCUT2D eigenvalue weighted by Gasteiger charge is 2.62. The normalized spacial score (nSPS) is 22.5. The van der Waals surface area contributed by atoms with E-state index in [-0.39, 0.29) is 29.9 Å². The first kappa shape index (κ1) is 25.8. The minimum absolute atomic E-state index is 0.130. The highest BCUT2D eigenvalue weighted by Crippen LogP contribution is 2.45. The van der Waals surface area contributed by atoms with Gasteiger partial charge in [0.25, 0.3) is 11.8 Å². The smallest absolute Gasteiger partial charge is 0.262 e. The molecule has 0 aromatic heterocycles. The van der Waals surface area contributed by atoms with Gasteiger partial charge in [-0.1, -0.05) is 73.3 Å². The summed E-state index contributed by atoms with van der Waals surface area (Å²) in [4.78, 5) is 41.2. The van der Waals surface area contributed by atoms with E-state index in [9.17, 15) is 14.4 Å². The lowest BCUT2D eigenvalue weighted by atomic mass is 9.92. The van der Waals surface area contributed by atoms with Gasteiger partial charge in [-0.2, -0.15) is 0 Å². The molecule has 1 fully saturated rings. The Morgan fingerprint density at radius 1 is 0.788 bits per heavy atom. The van der Waals surface area contributed by atoms with Crippen LogP contribution in [-0.4, -0.2) is 61.9 Å². The summed E-state index contributed by atoms with van der Waals surface area (Å²) in [6.07, 6.45) is -0.275. The Balaban J connectivity index is 2.02. The van der Waals surface area contributed by atoms with Crippen molar-refractivity contribution in [2.24, 2.45) is 0 Å². The molecule has 0 radical (unpaired) electrons. The average Bonchev–Trinajstić information content (AvgIpc) is 2.93. The van der Waals surface area contributed by atoms with Crippen molar-refractivity contribution in [2.45, 2.75) is 103 Å². The maximum Gasteiger partial charge on any atom is 0.262 e. The summed E-state index contributed by atoms with van der Waals surface area (Å²) in [6, 6.07) is 5.70. The zero-order chi connectivity index (χ0) is 25.0. The van der Waals surface area contributed by atoms with E-state index in [0.717, 1.165) is 0 Å². The van der Waals surface area contributed by atoms with E-state index in [4.69, 9.17) is 4.43 Å². The molecule has 0 bridgehead atoms. The third kappa shape index (κ3) is 3.93. The number of fused-ring (bicyclic) bond motifs is 1. The van der Waals surface area contributed by atoms with Crippen molar-refractivity contribution in [1.29, 1.82) is 0 Å². The molecule has 1 saturated heterocycles. The molecule has 2 aliphatic rings. The van der Waals surface area contributed by atoms with E-state index in [1.807, 2.05) is 11.5 Å². The standard InChI is InChI=1S/C25H40N2O4Si2/c1-15(2)33(16(3)4,17(5)6)31-18(7)21-22(25(30)27(21)32(8,9)10)26-23(28)19-13-11-12-14-20(19)24(26)29/h11-18,21-22H,1-10H3/t18-,21+,22+/m0/s1. The van der Waals surface area contributed by atoms with Crippen LogP contribution in [0.1, 0.15) is 69.2 Å². The number of benzene rings is 1. The quantitative estimate of drug-likeness (QED) is 0.284. The number of carbonyl (C=O) groups is 3. The molecule has 2 heterocycles. The maximum absolute atomic E-state index is 13.5. The Morgan fingerprint density at radius 2 is 1.21 bits per heavy atom. The molecular weight excluding hydrogens is 448 g/mol. The number of imide groups is 1. The molecule has 2 aliphatic heterocycles. The molecule has 1 aromatic rings. The summed E-state index contributed by atoms with van der Waals surface area (Å²) in [5, 5.41) is 0. The summed E-state index contributed by atoms with van der Waals surface area (Å²) < 4.78 is 9.01. The second kappa shape index (κ2) is 8.78. The second-order valence-corrected chi connectivity index (χ2v) is 21.7. The first-order valence-corrected chi connectivity index (χ1v) is 17.7. The fraction of sp³-hybridized carbons (Fsp3) is 0.640. The van der Waals surface area contributed by atoms with Gasteiger partial charge in [0.1, 0.15) is 6.04 Å². The van der Waals surface area contributed by atoms with Crippen LogP contribution in [0.3, 0.4) is 0 Å². The van der Waals surface area contributed by atoms with Crippen LogP contribution < -0.4 is 0 Å². The molecule has 3 rings (SSSR count). The zero-order valence-corrected chi connectivity index (χ0v) is 23.8. The van der Waals surface area contributed by atoms with Crippen LogP contribution in [-0.2, 0) is 9.22 Å². The van der Waals surface area contributed by atoms with Gasteiger partial charge in [-0.3, -0.25) is 19.3 Å². The van der Waals surface area contributed by atoms with Gasteiger partial charge >= 0.3 is 0 Å². The molecule has 0 N–H and O–H groups in total. The van der Waals surface area contributed by atoms with Crippen LogP contribution in [0.15, 0.2) is 24.3 Å². The van der Waals surface area contributed by atoms with Gasteiger partial charge < -0.3 is 8.99 Å². The summed E-state index contributed by atoms with van der Waals surface area (Å²) in [7, 11) is -4.29. The average molecular weight is 489 g/mol. The topological polar surface area (TPSA) is 66.9 Å². The Labute approximate surface area is 200 Å². The number of carbonyl (C=O) groups excluding carboxylic acids is 3. The predicted molar refractivity (Wildman–Crippen MR) is 136 cm³/mol. The van der Waals surface area contributed by atoms with Crippen molar-refractivity contribution in [3.8, 4) is 0 Å². The number of amides is 3. The third-order valence-corrected chi connectivity index (χ3v) is 15.7. The monoisotopic (exact) mass is 488 g/mol. The molecule has 0 spiro atoms. The fourth-order valence-corrected chi connectivity index (χ4v) is 13.9. The van der Waals surface area contributed by atoms with E-state index in [1.54, 1.807) is 24.3 Å². The van der Waals surface area contributed by atoms with Crippen molar-refractivity contribution in [3.63, 3.8) is 0 Å². The summed E-state index contributed by atoms with van der Waals surface area (Å²) in [6.45, 7) is 21.8. The van der Waals surface area contributed by atoms with Gasteiger partial charge in [-0.25, -0.2) is 0 Å². The van der Waals surface area contributed by atoms with Crippen LogP contribution in [0.4, 0.5) is 0 Å². The molecule has 182 valence electrons. The summed E-state index contributed by atoms with van der Waals surface area (Å²) in [5.41, 5.74) is 1.95. The fourth-order valence-electron chi connectivity index (χ4n) is 6.26. The molecule has 3 atom stereocenters. The van der Waals surface area contributed by atoms with Crippen LogP contribution in [0.5, 0.6) is 0 Å². The lowest BCUT2D eigenvalue weighted by Crippen LogP contribution is -2.80. The van der Waals surface area contributed by atoms with Gasteiger partial charge in [0.2, 0.25) is 14.2 Å². The molecule has 0 saturated carbocycles. The van der Waals surface area contributed by atoms with Gasteiger partial charge in [-0.05, 0) is 35.7 Å². The summed E-state index contributed by atoms with van der Waals surface area (Å²) in [5.74, 6) is -0.877.